The average Bonchev–Trinajstić information content (AvgIpc) is 1.94. The molecule has 1 aromatic rings. The summed E-state index contributed by atoms with van der Waals surface area (Å²) in [6.07, 6.45) is 1.34. The van der Waals surface area contributed by atoms with Crippen molar-refractivity contribution in [3.8, 4) is 0 Å². The van der Waals surface area contributed by atoms with Gasteiger partial charge in [0.25, 0.3) is 0 Å². The normalized spacial score (nSPS) is 9.92. The zero-order valence-electron chi connectivity index (χ0n) is 6.47. The maximum absolute atomic E-state index is 12.9. The number of rotatable bonds is 2. The van der Waals surface area contributed by atoms with Gasteiger partial charge in [-0.15, -0.1) is 0 Å². The summed E-state index contributed by atoms with van der Waals surface area (Å²) in [6, 6.07) is 1.15. The highest BCUT2D eigenvalue weighted by atomic mass is 35.5. The van der Waals surface area contributed by atoms with Crippen LogP contribution in [-0.4, -0.2) is 10.8 Å². The number of hydrogen-bond acceptors (Lipinski definition) is 2. The predicted molar refractivity (Wildman–Crippen MR) is 43.6 cm³/mol. The SMILES string of the molecule is CC(=O)Cc1ncc(Cl)cc1F. The minimum absolute atomic E-state index is 0.0169. The molecule has 0 N–H and O–H groups in total. The van der Waals surface area contributed by atoms with Crippen molar-refractivity contribution in [2.24, 2.45) is 0 Å². The molecule has 0 bridgehead atoms. The molecule has 0 aliphatic rings. The fourth-order valence-corrected chi connectivity index (χ4v) is 0.953. The Balaban J connectivity index is 2.93. The summed E-state index contributed by atoms with van der Waals surface area (Å²) in [7, 11) is 0. The van der Waals surface area contributed by atoms with E-state index >= 15 is 0 Å². The van der Waals surface area contributed by atoms with E-state index in [1.165, 1.54) is 13.1 Å². The molecule has 1 rings (SSSR count). The highest BCUT2D eigenvalue weighted by Crippen LogP contribution is 2.11. The Hall–Kier alpha value is -0.960. The monoisotopic (exact) mass is 187 g/mol. The first-order chi connectivity index (χ1) is 5.59. The fourth-order valence-electron chi connectivity index (χ4n) is 0.809. The van der Waals surface area contributed by atoms with Crippen LogP contribution < -0.4 is 0 Å². The van der Waals surface area contributed by atoms with Crippen LogP contribution in [0.1, 0.15) is 12.6 Å². The van der Waals surface area contributed by atoms with E-state index in [1.807, 2.05) is 0 Å². The van der Waals surface area contributed by atoms with E-state index < -0.39 is 5.82 Å². The van der Waals surface area contributed by atoms with E-state index in [1.54, 1.807) is 0 Å². The van der Waals surface area contributed by atoms with Gasteiger partial charge in [-0.2, -0.15) is 0 Å². The van der Waals surface area contributed by atoms with Gasteiger partial charge in [-0.05, 0) is 13.0 Å². The Morgan fingerprint density at radius 3 is 2.92 bits per heavy atom. The van der Waals surface area contributed by atoms with E-state index in [-0.39, 0.29) is 22.9 Å². The van der Waals surface area contributed by atoms with Crippen molar-refractivity contribution in [1.29, 1.82) is 0 Å². The summed E-state index contributed by atoms with van der Waals surface area (Å²) < 4.78 is 12.9. The third kappa shape index (κ3) is 2.27. The smallest absolute Gasteiger partial charge is 0.146 e. The molecule has 0 fully saturated rings. The molecule has 0 amide bonds. The minimum atomic E-state index is -0.530. The summed E-state index contributed by atoms with van der Waals surface area (Å²) >= 11 is 5.47. The van der Waals surface area contributed by atoms with Crippen molar-refractivity contribution in [2.45, 2.75) is 13.3 Å². The molecule has 0 saturated heterocycles. The van der Waals surface area contributed by atoms with Crippen molar-refractivity contribution < 1.29 is 9.18 Å². The van der Waals surface area contributed by atoms with Crippen LogP contribution in [0.3, 0.4) is 0 Å². The van der Waals surface area contributed by atoms with E-state index in [4.69, 9.17) is 11.6 Å². The summed E-state index contributed by atoms with van der Waals surface area (Å²) in [4.78, 5) is 14.3. The van der Waals surface area contributed by atoms with Gasteiger partial charge in [0.1, 0.15) is 11.6 Å². The Labute approximate surface area is 74.4 Å². The number of halogens is 2. The average molecular weight is 188 g/mol. The van der Waals surface area contributed by atoms with E-state index in [0.29, 0.717) is 0 Å². The van der Waals surface area contributed by atoms with E-state index in [0.717, 1.165) is 6.07 Å². The summed E-state index contributed by atoms with van der Waals surface area (Å²) in [5.41, 5.74) is 0.145. The van der Waals surface area contributed by atoms with Crippen LogP contribution in [0, 0.1) is 5.82 Å². The van der Waals surface area contributed by atoms with Crippen LogP contribution in [0.2, 0.25) is 5.02 Å². The van der Waals surface area contributed by atoms with Crippen LogP contribution in [0.15, 0.2) is 12.3 Å². The number of ketones is 1. The first-order valence-electron chi connectivity index (χ1n) is 3.39. The van der Waals surface area contributed by atoms with Gasteiger partial charge >= 0.3 is 0 Å². The third-order valence-electron chi connectivity index (χ3n) is 1.30. The standard InChI is InChI=1S/C8H7ClFNO/c1-5(12)2-8-7(10)3-6(9)4-11-8/h3-4H,2H2,1H3. The van der Waals surface area contributed by atoms with Gasteiger partial charge in [-0.1, -0.05) is 11.6 Å². The maximum atomic E-state index is 12.9. The molecule has 4 heteroatoms. The molecule has 0 radical (unpaired) electrons. The lowest BCUT2D eigenvalue weighted by molar-refractivity contribution is -0.116. The third-order valence-corrected chi connectivity index (χ3v) is 1.51. The number of carbonyl (C=O) groups is 1. The Morgan fingerprint density at radius 2 is 2.42 bits per heavy atom. The van der Waals surface area contributed by atoms with Crippen molar-refractivity contribution in [3.05, 3.63) is 28.8 Å². The van der Waals surface area contributed by atoms with Gasteiger partial charge in [0.05, 0.1) is 17.1 Å². The summed E-state index contributed by atoms with van der Waals surface area (Å²) in [5.74, 6) is -0.651. The predicted octanol–water partition coefficient (Wildman–Crippen LogP) is 2.01. The van der Waals surface area contributed by atoms with Crippen LogP contribution in [0.25, 0.3) is 0 Å². The van der Waals surface area contributed by atoms with Gasteiger partial charge < -0.3 is 0 Å². The molecule has 1 aromatic heterocycles. The van der Waals surface area contributed by atoms with Crippen molar-refractivity contribution in [2.75, 3.05) is 0 Å². The molecule has 64 valence electrons. The van der Waals surface area contributed by atoms with Gasteiger partial charge in [-0.3, -0.25) is 9.78 Å². The van der Waals surface area contributed by atoms with Crippen molar-refractivity contribution in [1.82, 2.24) is 4.98 Å². The summed E-state index contributed by atoms with van der Waals surface area (Å²) in [5, 5.41) is 0.236. The van der Waals surface area contributed by atoms with Gasteiger partial charge in [0, 0.05) is 6.20 Å². The lowest BCUT2D eigenvalue weighted by Gasteiger charge is -1.98. The molecule has 2 nitrogen and oxygen atoms in total. The van der Waals surface area contributed by atoms with E-state index in [9.17, 15) is 9.18 Å². The quantitative estimate of drug-likeness (QED) is 0.709. The molecule has 12 heavy (non-hydrogen) atoms. The van der Waals surface area contributed by atoms with Crippen molar-refractivity contribution in [3.63, 3.8) is 0 Å². The molecular formula is C8H7ClFNO. The largest absolute Gasteiger partial charge is 0.300 e. The number of nitrogens with zero attached hydrogens (tertiary/aromatic N) is 1. The number of carbonyl (C=O) groups excluding carboxylic acids is 1. The molecule has 0 spiro atoms. The van der Waals surface area contributed by atoms with Gasteiger partial charge in [-0.25, -0.2) is 4.39 Å². The Bertz CT molecular complexity index is 314. The molecule has 0 aliphatic heterocycles. The molecule has 0 unspecified atom stereocenters. The maximum Gasteiger partial charge on any atom is 0.146 e. The highest BCUT2D eigenvalue weighted by molar-refractivity contribution is 6.30. The molecule has 1 heterocycles. The second kappa shape index (κ2) is 3.63. The molecule has 0 saturated carbocycles. The first kappa shape index (κ1) is 9.13. The molecule has 0 aromatic carbocycles. The highest BCUT2D eigenvalue weighted by Gasteiger charge is 2.06. The topological polar surface area (TPSA) is 30.0 Å². The number of hydrogen-bond donors (Lipinski definition) is 0. The van der Waals surface area contributed by atoms with E-state index in [2.05, 4.69) is 4.98 Å². The molecular weight excluding hydrogens is 181 g/mol. The zero-order valence-corrected chi connectivity index (χ0v) is 7.23. The lowest BCUT2D eigenvalue weighted by Crippen LogP contribution is -2.01. The van der Waals surface area contributed by atoms with Gasteiger partial charge in [0.2, 0.25) is 0 Å². The number of Topliss-reactive ketones (excluding diaryl/α,β-unsaturated/α-hetero) is 1. The summed E-state index contributed by atoms with van der Waals surface area (Å²) in [6.45, 7) is 1.38. The van der Waals surface area contributed by atoms with Crippen molar-refractivity contribution >= 4 is 17.4 Å². The second-order valence-corrected chi connectivity index (χ2v) is 2.90. The fraction of sp³-hybridized carbons (Fsp3) is 0.250. The lowest BCUT2D eigenvalue weighted by atomic mass is 10.2. The Kier molecular flexibility index (Phi) is 2.76. The zero-order chi connectivity index (χ0) is 9.14. The minimum Gasteiger partial charge on any atom is -0.300 e. The van der Waals surface area contributed by atoms with Crippen LogP contribution in [0.5, 0.6) is 0 Å². The van der Waals surface area contributed by atoms with Crippen LogP contribution in [-0.2, 0) is 11.2 Å². The number of aromatic nitrogens is 1. The molecule has 0 aliphatic carbocycles. The molecule has 0 atom stereocenters. The van der Waals surface area contributed by atoms with Crippen LogP contribution >= 0.6 is 11.6 Å². The van der Waals surface area contributed by atoms with Gasteiger partial charge in [0.15, 0.2) is 0 Å². The van der Waals surface area contributed by atoms with Crippen LogP contribution in [0.4, 0.5) is 4.39 Å². The number of pyridine rings is 1. The Morgan fingerprint density at radius 1 is 1.75 bits per heavy atom. The first-order valence-corrected chi connectivity index (χ1v) is 3.76. The second-order valence-electron chi connectivity index (χ2n) is 2.46.